The molecule has 2 aliphatic heterocycles. The van der Waals surface area contributed by atoms with Gasteiger partial charge in [0.2, 0.25) is 5.91 Å². The highest BCUT2D eigenvalue weighted by Gasteiger charge is 2.21. The molecule has 0 aliphatic carbocycles. The molecule has 118 valence electrons. The number of carbonyl (C=O) groups is 2. The highest BCUT2D eigenvalue weighted by molar-refractivity contribution is 5.92. The number of ether oxygens (including phenoxy) is 1. The second-order valence-electron chi connectivity index (χ2n) is 5.21. The van der Waals surface area contributed by atoms with Crippen molar-refractivity contribution in [2.75, 3.05) is 56.2 Å². The summed E-state index contributed by atoms with van der Waals surface area (Å²) in [6, 6.07) is 3.42. The summed E-state index contributed by atoms with van der Waals surface area (Å²) in [5, 5.41) is 5.45. The van der Waals surface area contributed by atoms with Crippen LogP contribution in [-0.2, 0) is 9.53 Å². The van der Waals surface area contributed by atoms with Gasteiger partial charge >= 0.3 is 6.03 Å². The minimum atomic E-state index is -0.282. The van der Waals surface area contributed by atoms with Gasteiger partial charge in [-0.15, -0.1) is 0 Å². The van der Waals surface area contributed by atoms with Gasteiger partial charge in [-0.05, 0) is 12.1 Å². The number of nitrogens with one attached hydrogen (secondary N) is 2. The minimum Gasteiger partial charge on any atom is -0.378 e. The molecule has 0 saturated carbocycles. The van der Waals surface area contributed by atoms with Crippen LogP contribution in [0.1, 0.15) is 0 Å². The monoisotopic (exact) mass is 305 g/mol. The first-order valence-corrected chi connectivity index (χ1v) is 7.34. The normalized spacial score (nSPS) is 18.8. The predicted octanol–water partition coefficient (Wildman–Crippen LogP) is -0.118. The Balaban J connectivity index is 1.58. The highest BCUT2D eigenvalue weighted by Crippen LogP contribution is 2.15. The van der Waals surface area contributed by atoms with Crippen molar-refractivity contribution in [3.63, 3.8) is 0 Å². The number of rotatable bonds is 2. The molecule has 2 saturated heterocycles. The van der Waals surface area contributed by atoms with Crippen molar-refractivity contribution in [2.24, 2.45) is 0 Å². The van der Waals surface area contributed by atoms with E-state index >= 15 is 0 Å². The fraction of sp³-hybridized carbons (Fsp3) is 0.500. The van der Waals surface area contributed by atoms with Gasteiger partial charge in [0.05, 0.1) is 25.1 Å². The third-order valence-corrected chi connectivity index (χ3v) is 3.66. The molecular formula is C14H19N5O3. The SMILES string of the molecule is O=C1CN(C(=O)Nc2ccc(N3CCOCC3)nc2)CCN1. The molecule has 8 heteroatoms. The first-order chi connectivity index (χ1) is 10.7. The maximum atomic E-state index is 12.1. The summed E-state index contributed by atoms with van der Waals surface area (Å²) >= 11 is 0. The van der Waals surface area contributed by atoms with Crippen molar-refractivity contribution in [1.82, 2.24) is 15.2 Å². The second-order valence-corrected chi connectivity index (χ2v) is 5.21. The van der Waals surface area contributed by atoms with Crippen LogP contribution in [0.2, 0.25) is 0 Å². The van der Waals surface area contributed by atoms with E-state index in [0.29, 0.717) is 32.0 Å². The Bertz CT molecular complexity index is 542. The molecule has 22 heavy (non-hydrogen) atoms. The summed E-state index contributed by atoms with van der Waals surface area (Å²) in [5.41, 5.74) is 0.619. The first kappa shape index (κ1) is 14.6. The Morgan fingerprint density at radius 2 is 2.09 bits per heavy atom. The van der Waals surface area contributed by atoms with Crippen LogP contribution in [0, 0.1) is 0 Å². The van der Waals surface area contributed by atoms with E-state index in [1.165, 1.54) is 4.90 Å². The largest absolute Gasteiger partial charge is 0.378 e. The summed E-state index contributed by atoms with van der Waals surface area (Å²) in [5.74, 6) is 0.737. The average molecular weight is 305 g/mol. The summed E-state index contributed by atoms with van der Waals surface area (Å²) in [4.78, 5) is 31.4. The lowest BCUT2D eigenvalue weighted by Crippen LogP contribution is -2.51. The molecule has 2 N–H and O–H groups in total. The number of piperazine rings is 1. The van der Waals surface area contributed by atoms with E-state index in [4.69, 9.17) is 4.74 Å². The number of carbonyl (C=O) groups excluding carboxylic acids is 2. The maximum absolute atomic E-state index is 12.1. The Labute approximate surface area is 128 Å². The summed E-state index contributed by atoms with van der Waals surface area (Å²) in [6.45, 7) is 4.14. The van der Waals surface area contributed by atoms with Crippen LogP contribution in [0.5, 0.6) is 0 Å². The zero-order chi connectivity index (χ0) is 15.4. The molecule has 0 bridgehead atoms. The molecule has 3 rings (SSSR count). The van der Waals surface area contributed by atoms with Gasteiger partial charge in [0.1, 0.15) is 12.4 Å². The molecule has 0 spiro atoms. The Morgan fingerprint density at radius 1 is 1.27 bits per heavy atom. The molecule has 2 fully saturated rings. The first-order valence-electron chi connectivity index (χ1n) is 7.34. The summed E-state index contributed by atoms with van der Waals surface area (Å²) < 4.78 is 5.31. The third kappa shape index (κ3) is 3.45. The van der Waals surface area contributed by atoms with Crippen LogP contribution in [0.4, 0.5) is 16.3 Å². The van der Waals surface area contributed by atoms with Crippen LogP contribution in [0.15, 0.2) is 18.3 Å². The van der Waals surface area contributed by atoms with E-state index in [1.54, 1.807) is 6.20 Å². The number of urea groups is 1. The number of pyridine rings is 1. The Hall–Kier alpha value is -2.35. The standard InChI is InChI=1S/C14H19N5O3/c20-13-10-19(4-3-15-13)14(21)17-11-1-2-12(16-9-11)18-5-7-22-8-6-18/h1-2,9H,3-8,10H2,(H,15,20)(H,17,21). The lowest BCUT2D eigenvalue weighted by Gasteiger charge is -2.28. The van der Waals surface area contributed by atoms with Crippen LogP contribution in [-0.4, -0.2) is 67.8 Å². The zero-order valence-electron chi connectivity index (χ0n) is 12.2. The van der Waals surface area contributed by atoms with Gasteiger partial charge < -0.3 is 25.2 Å². The van der Waals surface area contributed by atoms with E-state index in [1.807, 2.05) is 12.1 Å². The smallest absolute Gasteiger partial charge is 0.322 e. The number of hydrogen-bond acceptors (Lipinski definition) is 5. The number of morpholine rings is 1. The number of anilines is 2. The van der Waals surface area contributed by atoms with Crippen LogP contribution in [0.25, 0.3) is 0 Å². The molecular weight excluding hydrogens is 286 g/mol. The lowest BCUT2D eigenvalue weighted by atomic mass is 10.3. The van der Waals surface area contributed by atoms with Crippen LogP contribution in [0.3, 0.4) is 0 Å². The molecule has 0 unspecified atom stereocenters. The average Bonchev–Trinajstić information content (AvgIpc) is 2.56. The van der Waals surface area contributed by atoms with Crippen molar-refractivity contribution in [1.29, 1.82) is 0 Å². The van der Waals surface area contributed by atoms with Crippen LogP contribution < -0.4 is 15.5 Å². The van der Waals surface area contributed by atoms with E-state index in [2.05, 4.69) is 20.5 Å². The highest BCUT2D eigenvalue weighted by atomic mass is 16.5. The Kier molecular flexibility index (Phi) is 4.38. The molecule has 3 heterocycles. The zero-order valence-corrected chi connectivity index (χ0v) is 12.2. The van der Waals surface area contributed by atoms with Gasteiger partial charge in [0, 0.05) is 26.2 Å². The van der Waals surface area contributed by atoms with Gasteiger partial charge in [-0.2, -0.15) is 0 Å². The van der Waals surface area contributed by atoms with E-state index in [0.717, 1.165) is 18.9 Å². The molecule has 2 aliphatic rings. The maximum Gasteiger partial charge on any atom is 0.322 e. The number of nitrogens with zero attached hydrogens (tertiary/aromatic N) is 3. The van der Waals surface area contributed by atoms with Gasteiger partial charge in [-0.1, -0.05) is 0 Å². The molecule has 8 nitrogen and oxygen atoms in total. The minimum absolute atomic E-state index is 0.0884. The summed E-state index contributed by atoms with van der Waals surface area (Å²) in [6.07, 6.45) is 1.63. The van der Waals surface area contributed by atoms with Gasteiger partial charge in [-0.25, -0.2) is 9.78 Å². The van der Waals surface area contributed by atoms with Gasteiger partial charge in [-0.3, -0.25) is 4.79 Å². The van der Waals surface area contributed by atoms with E-state index in [-0.39, 0.29) is 18.5 Å². The Morgan fingerprint density at radius 3 is 2.77 bits per heavy atom. The fourth-order valence-electron chi connectivity index (χ4n) is 2.45. The van der Waals surface area contributed by atoms with E-state index < -0.39 is 0 Å². The van der Waals surface area contributed by atoms with Crippen LogP contribution >= 0.6 is 0 Å². The molecule has 1 aromatic heterocycles. The summed E-state index contributed by atoms with van der Waals surface area (Å²) in [7, 11) is 0. The van der Waals surface area contributed by atoms with Gasteiger partial charge in [0.25, 0.3) is 0 Å². The lowest BCUT2D eigenvalue weighted by molar-refractivity contribution is -0.123. The van der Waals surface area contributed by atoms with E-state index in [9.17, 15) is 9.59 Å². The number of amides is 3. The number of aromatic nitrogens is 1. The van der Waals surface area contributed by atoms with Crippen molar-refractivity contribution in [3.05, 3.63) is 18.3 Å². The predicted molar refractivity (Wildman–Crippen MR) is 80.9 cm³/mol. The topological polar surface area (TPSA) is 86.8 Å². The van der Waals surface area contributed by atoms with Crippen molar-refractivity contribution < 1.29 is 14.3 Å². The van der Waals surface area contributed by atoms with Gasteiger partial charge in [0.15, 0.2) is 0 Å². The van der Waals surface area contributed by atoms with Crippen molar-refractivity contribution in [3.8, 4) is 0 Å². The van der Waals surface area contributed by atoms with Crippen molar-refractivity contribution >= 4 is 23.4 Å². The quantitative estimate of drug-likeness (QED) is 0.795. The third-order valence-electron chi connectivity index (χ3n) is 3.66. The molecule has 3 amide bonds. The fourth-order valence-corrected chi connectivity index (χ4v) is 2.45. The second kappa shape index (κ2) is 6.61. The van der Waals surface area contributed by atoms with Crippen molar-refractivity contribution in [2.45, 2.75) is 0 Å². The molecule has 0 radical (unpaired) electrons. The molecule has 0 atom stereocenters. The molecule has 1 aromatic rings. The number of hydrogen-bond donors (Lipinski definition) is 2. The molecule has 0 aromatic carbocycles.